The summed E-state index contributed by atoms with van der Waals surface area (Å²) in [6, 6.07) is 0.396. The van der Waals surface area contributed by atoms with Crippen LogP contribution in [0.15, 0.2) is 0 Å². The molecule has 0 saturated heterocycles. The quantitative estimate of drug-likeness (QED) is 0.769. The largest absolute Gasteiger partial charge is 0.396 e. The molecular weight excluding hydrogens is 234 g/mol. The van der Waals surface area contributed by atoms with Gasteiger partial charge in [0, 0.05) is 17.9 Å². The first-order valence-electron chi connectivity index (χ1n) is 6.63. The first kappa shape index (κ1) is 14.8. The van der Waals surface area contributed by atoms with Gasteiger partial charge in [0.25, 0.3) is 0 Å². The summed E-state index contributed by atoms with van der Waals surface area (Å²) in [4.78, 5) is 11.7. The highest BCUT2D eigenvalue weighted by molar-refractivity contribution is 8.00. The van der Waals surface area contributed by atoms with Crippen molar-refractivity contribution < 1.29 is 9.90 Å². The third-order valence-electron chi connectivity index (χ3n) is 3.42. The molecule has 1 unspecified atom stereocenters. The molecule has 0 heterocycles. The Labute approximate surface area is 109 Å². The van der Waals surface area contributed by atoms with E-state index in [1.54, 1.807) is 11.8 Å². The third-order valence-corrected chi connectivity index (χ3v) is 4.65. The molecule has 0 spiro atoms. The molecular formula is C13H25NO2S. The molecule has 0 aromatic carbocycles. The summed E-state index contributed by atoms with van der Waals surface area (Å²) in [7, 11) is 0. The molecule has 1 atom stereocenters. The van der Waals surface area contributed by atoms with Crippen LogP contribution in [0.4, 0.5) is 0 Å². The van der Waals surface area contributed by atoms with E-state index in [-0.39, 0.29) is 12.5 Å². The molecule has 1 amide bonds. The number of amides is 1. The Morgan fingerprint density at radius 2 is 2.06 bits per heavy atom. The maximum absolute atomic E-state index is 11.7. The fourth-order valence-corrected chi connectivity index (χ4v) is 2.95. The summed E-state index contributed by atoms with van der Waals surface area (Å²) in [6.45, 7) is 4.54. The standard InChI is InChI=1S/C13H25NO2S/c1-10-3-5-12(6-4-10)14-13(16)9-17-11(2)7-8-15/h10-12,15H,3-9H2,1-2H3,(H,14,16). The lowest BCUT2D eigenvalue weighted by Crippen LogP contribution is -2.38. The second-order valence-electron chi connectivity index (χ2n) is 5.16. The second-order valence-corrected chi connectivity index (χ2v) is 6.58. The summed E-state index contributed by atoms with van der Waals surface area (Å²) < 4.78 is 0. The number of hydrogen-bond donors (Lipinski definition) is 2. The van der Waals surface area contributed by atoms with E-state index in [2.05, 4.69) is 19.2 Å². The molecule has 0 bridgehead atoms. The van der Waals surface area contributed by atoms with Gasteiger partial charge in [-0.15, -0.1) is 11.8 Å². The van der Waals surface area contributed by atoms with Crippen LogP contribution in [0.3, 0.4) is 0 Å². The highest BCUT2D eigenvalue weighted by Crippen LogP contribution is 2.23. The van der Waals surface area contributed by atoms with Crippen molar-refractivity contribution in [3.05, 3.63) is 0 Å². The van der Waals surface area contributed by atoms with E-state index < -0.39 is 0 Å². The van der Waals surface area contributed by atoms with Gasteiger partial charge in [-0.2, -0.15) is 0 Å². The smallest absolute Gasteiger partial charge is 0.230 e. The first-order chi connectivity index (χ1) is 8.11. The summed E-state index contributed by atoms with van der Waals surface area (Å²) in [5.74, 6) is 1.49. The maximum Gasteiger partial charge on any atom is 0.230 e. The molecule has 1 fully saturated rings. The van der Waals surface area contributed by atoms with Gasteiger partial charge in [-0.05, 0) is 38.0 Å². The van der Waals surface area contributed by atoms with Crippen LogP contribution in [0.5, 0.6) is 0 Å². The van der Waals surface area contributed by atoms with Crippen LogP contribution in [0.2, 0.25) is 0 Å². The molecule has 0 aromatic heterocycles. The highest BCUT2D eigenvalue weighted by Gasteiger charge is 2.19. The van der Waals surface area contributed by atoms with Gasteiger partial charge >= 0.3 is 0 Å². The van der Waals surface area contributed by atoms with Crippen LogP contribution in [-0.4, -0.2) is 34.7 Å². The lowest BCUT2D eigenvalue weighted by molar-refractivity contribution is -0.119. The minimum atomic E-state index is 0.152. The lowest BCUT2D eigenvalue weighted by atomic mass is 9.87. The number of carbonyl (C=O) groups excluding carboxylic acids is 1. The molecule has 0 radical (unpaired) electrons. The Morgan fingerprint density at radius 1 is 1.41 bits per heavy atom. The van der Waals surface area contributed by atoms with Crippen LogP contribution in [-0.2, 0) is 4.79 Å². The van der Waals surface area contributed by atoms with Crippen molar-refractivity contribution in [2.24, 2.45) is 5.92 Å². The van der Waals surface area contributed by atoms with Gasteiger partial charge in [0.2, 0.25) is 5.91 Å². The Hall–Kier alpha value is -0.220. The zero-order chi connectivity index (χ0) is 12.7. The van der Waals surface area contributed by atoms with E-state index in [1.807, 2.05) is 0 Å². The van der Waals surface area contributed by atoms with Crippen molar-refractivity contribution in [3.8, 4) is 0 Å². The second kappa shape index (κ2) is 7.98. The Morgan fingerprint density at radius 3 is 2.65 bits per heavy atom. The van der Waals surface area contributed by atoms with Gasteiger partial charge in [-0.25, -0.2) is 0 Å². The predicted octanol–water partition coefficient (Wildman–Crippen LogP) is 2.19. The number of rotatable bonds is 6. The number of carbonyl (C=O) groups is 1. The number of nitrogens with one attached hydrogen (secondary N) is 1. The predicted molar refractivity (Wildman–Crippen MR) is 73.2 cm³/mol. The molecule has 1 aliphatic carbocycles. The number of hydrogen-bond acceptors (Lipinski definition) is 3. The van der Waals surface area contributed by atoms with Crippen LogP contribution in [0.1, 0.15) is 46.0 Å². The molecule has 0 aromatic rings. The zero-order valence-corrected chi connectivity index (χ0v) is 11.8. The van der Waals surface area contributed by atoms with Crippen molar-refractivity contribution >= 4 is 17.7 Å². The lowest BCUT2D eigenvalue weighted by Gasteiger charge is -2.27. The van der Waals surface area contributed by atoms with Gasteiger partial charge in [0.1, 0.15) is 0 Å². The Bertz CT molecular complexity index is 227. The van der Waals surface area contributed by atoms with E-state index in [4.69, 9.17) is 5.11 Å². The van der Waals surface area contributed by atoms with Gasteiger partial charge in [-0.3, -0.25) is 4.79 Å². The van der Waals surface area contributed by atoms with Gasteiger partial charge in [-0.1, -0.05) is 13.8 Å². The minimum absolute atomic E-state index is 0.152. The zero-order valence-electron chi connectivity index (χ0n) is 10.9. The van der Waals surface area contributed by atoms with E-state index in [1.165, 1.54) is 12.8 Å². The first-order valence-corrected chi connectivity index (χ1v) is 7.68. The van der Waals surface area contributed by atoms with E-state index in [9.17, 15) is 4.79 Å². The van der Waals surface area contributed by atoms with Crippen molar-refractivity contribution in [2.45, 2.75) is 57.2 Å². The normalized spacial score (nSPS) is 26.5. The number of aliphatic hydroxyl groups excluding tert-OH is 1. The molecule has 4 heteroatoms. The fourth-order valence-electron chi connectivity index (χ4n) is 2.16. The monoisotopic (exact) mass is 259 g/mol. The molecule has 3 nitrogen and oxygen atoms in total. The average Bonchev–Trinajstić information content (AvgIpc) is 2.30. The minimum Gasteiger partial charge on any atom is -0.396 e. The van der Waals surface area contributed by atoms with Gasteiger partial charge in [0.05, 0.1) is 5.75 Å². The maximum atomic E-state index is 11.7. The van der Waals surface area contributed by atoms with Crippen molar-refractivity contribution in [2.75, 3.05) is 12.4 Å². The van der Waals surface area contributed by atoms with Crippen LogP contribution in [0, 0.1) is 5.92 Å². The third kappa shape index (κ3) is 6.32. The van der Waals surface area contributed by atoms with Crippen LogP contribution < -0.4 is 5.32 Å². The van der Waals surface area contributed by atoms with E-state index in [0.29, 0.717) is 17.0 Å². The van der Waals surface area contributed by atoms with Crippen LogP contribution in [0.25, 0.3) is 0 Å². The summed E-state index contributed by atoms with van der Waals surface area (Å²) in [5.41, 5.74) is 0. The van der Waals surface area contributed by atoms with Gasteiger partial charge in [0.15, 0.2) is 0 Å². The van der Waals surface area contributed by atoms with E-state index in [0.717, 1.165) is 25.2 Å². The molecule has 1 aliphatic rings. The Kier molecular flexibility index (Phi) is 6.97. The van der Waals surface area contributed by atoms with Crippen molar-refractivity contribution in [3.63, 3.8) is 0 Å². The average molecular weight is 259 g/mol. The highest BCUT2D eigenvalue weighted by atomic mass is 32.2. The fraction of sp³-hybridized carbons (Fsp3) is 0.923. The van der Waals surface area contributed by atoms with Gasteiger partial charge < -0.3 is 10.4 Å². The SMILES string of the molecule is CC1CCC(NC(=O)CSC(C)CCO)CC1. The molecule has 17 heavy (non-hydrogen) atoms. The molecule has 1 rings (SSSR count). The summed E-state index contributed by atoms with van der Waals surface area (Å²) >= 11 is 1.63. The summed E-state index contributed by atoms with van der Waals surface area (Å²) in [6.07, 6.45) is 5.49. The number of thioether (sulfide) groups is 1. The topological polar surface area (TPSA) is 49.3 Å². The Balaban J connectivity index is 2.12. The van der Waals surface area contributed by atoms with E-state index >= 15 is 0 Å². The number of aliphatic hydroxyl groups is 1. The van der Waals surface area contributed by atoms with Crippen LogP contribution >= 0.6 is 11.8 Å². The summed E-state index contributed by atoms with van der Waals surface area (Å²) in [5, 5.41) is 12.2. The molecule has 0 aliphatic heterocycles. The molecule has 100 valence electrons. The van der Waals surface area contributed by atoms with Crippen molar-refractivity contribution in [1.29, 1.82) is 0 Å². The van der Waals surface area contributed by atoms with Crippen molar-refractivity contribution in [1.82, 2.24) is 5.32 Å². The molecule has 2 N–H and O–H groups in total. The molecule has 1 saturated carbocycles.